The molecular formula is C21H26N4O3. The first kappa shape index (κ1) is 19.7. The molecule has 0 heterocycles. The molecule has 148 valence electrons. The summed E-state index contributed by atoms with van der Waals surface area (Å²) in [7, 11) is 0. The molecule has 0 radical (unpaired) electrons. The van der Waals surface area contributed by atoms with Gasteiger partial charge in [0.25, 0.3) is 0 Å². The number of nitrogens with one attached hydrogen (secondary N) is 4. The van der Waals surface area contributed by atoms with Crippen LogP contribution >= 0.6 is 0 Å². The molecule has 28 heavy (non-hydrogen) atoms. The molecule has 2 aromatic rings. The van der Waals surface area contributed by atoms with E-state index in [1.54, 1.807) is 24.3 Å². The minimum absolute atomic E-state index is 0.0710. The minimum atomic E-state index is -0.355. The normalized spacial score (nSPS) is 18.8. The highest BCUT2D eigenvalue weighted by Gasteiger charge is 2.21. The summed E-state index contributed by atoms with van der Waals surface area (Å²) in [4.78, 5) is 24.5. The summed E-state index contributed by atoms with van der Waals surface area (Å²) in [5, 5.41) is 20.9. The van der Waals surface area contributed by atoms with Crippen molar-refractivity contribution in [1.82, 2.24) is 5.32 Å². The van der Waals surface area contributed by atoms with Crippen LogP contribution in [0.1, 0.15) is 31.2 Å². The number of anilines is 3. The van der Waals surface area contributed by atoms with Crippen LogP contribution in [0.4, 0.5) is 26.7 Å². The third kappa shape index (κ3) is 5.72. The van der Waals surface area contributed by atoms with Crippen molar-refractivity contribution in [1.29, 1.82) is 0 Å². The van der Waals surface area contributed by atoms with Gasteiger partial charge in [0, 0.05) is 23.1 Å². The average Bonchev–Trinajstić information content (AvgIpc) is 2.67. The number of aliphatic hydroxyl groups excluding tert-OH is 1. The molecule has 1 aliphatic rings. The predicted molar refractivity (Wildman–Crippen MR) is 111 cm³/mol. The first-order chi connectivity index (χ1) is 13.5. The van der Waals surface area contributed by atoms with E-state index in [2.05, 4.69) is 21.3 Å². The zero-order chi connectivity index (χ0) is 19.9. The highest BCUT2D eigenvalue weighted by molar-refractivity contribution is 6.00. The van der Waals surface area contributed by atoms with Gasteiger partial charge in [-0.3, -0.25) is 0 Å². The molecule has 7 nitrogen and oxygen atoms in total. The molecule has 0 spiro atoms. The third-order valence-corrected chi connectivity index (χ3v) is 4.81. The van der Waals surface area contributed by atoms with Crippen molar-refractivity contribution in [2.75, 3.05) is 16.0 Å². The van der Waals surface area contributed by atoms with E-state index in [0.29, 0.717) is 29.9 Å². The Morgan fingerprint density at radius 1 is 0.857 bits per heavy atom. The number of carbonyl (C=O) groups excluding carboxylic acids is 2. The zero-order valence-corrected chi connectivity index (χ0v) is 15.9. The van der Waals surface area contributed by atoms with Crippen LogP contribution in [0.2, 0.25) is 0 Å². The Labute approximate surface area is 164 Å². The fraction of sp³-hybridized carbons (Fsp3) is 0.333. The smallest absolute Gasteiger partial charge is 0.323 e. The Hall–Kier alpha value is -3.06. The molecule has 7 heteroatoms. The Morgan fingerprint density at radius 2 is 1.54 bits per heavy atom. The second-order valence-electron chi connectivity index (χ2n) is 7.08. The molecule has 0 unspecified atom stereocenters. The van der Waals surface area contributed by atoms with Crippen LogP contribution in [0.3, 0.4) is 0 Å². The maximum Gasteiger partial charge on any atom is 0.323 e. The SMILES string of the molecule is Cc1ccc(NC(=O)Nc2ccccc2)cc1NC(=O)NC1CCC(O)CC1. The van der Waals surface area contributed by atoms with Crippen LogP contribution in [0, 0.1) is 6.92 Å². The number of hydrogen-bond donors (Lipinski definition) is 5. The second-order valence-corrected chi connectivity index (χ2v) is 7.08. The van der Waals surface area contributed by atoms with E-state index in [1.165, 1.54) is 0 Å². The molecule has 1 aliphatic carbocycles. The molecule has 5 N–H and O–H groups in total. The summed E-state index contributed by atoms with van der Waals surface area (Å²) < 4.78 is 0. The quantitative estimate of drug-likeness (QED) is 0.551. The number of benzene rings is 2. The molecule has 4 amide bonds. The first-order valence-electron chi connectivity index (χ1n) is 9.49. The summed E-state index contributed by atoms with van der Waals surface area (Å²) in [6.45, 7) is 1.89. The van der Waals surface area contributed by atoms with Crippen LogP contribution < -0.4 is 21.3 Å². The highest BCUT2D eigenvalue weighted by atomic mass is 16.3. The van der Waals surface area contributed by atoms with Crippen molar-refractivity contribution in [2.45, 2.75) is 44.8 Å². The van der Waals surface area contributed by atoms with Gasteiger partial charge in [-0.25, -0.2) is 9.59 Å². The summed E-state index contributed by atoms with van der Waals surface area (Å²) >= 11 is 0. The van der Waals surface area contributed by atoms with Gasteiger partial charge in [-0.05, 0) is 62.4 Å². The number of aryl methyl sites for hydroxylation is 1. The van der Waals surface area contributed by atoms with E-state index in [0.717, 1.165) is 18.4 Å². The van der Waals surface area contributed by atoms with Gasteiger partial charge in [0.2, 0.25) is 0 Å². The molecule has 1 fully saturated rings. The Kier molecular flexibility index (Phi) is 6.49. The van der Waals surface area contributed by atoms with Crippen LogP contribution in [0.15, 0.2) is 48.5 Å². The number of para-hydroxylation sites is 1. The topological polar surface area (TPSA) is 102 Å². The molecule has 0 bridgehead atoms. The van der Waals surface area contributed by atoms with Crippen LogP contribution in [0.5, 0.6) is 0 Å². The van der Waals surface area contributed by atoms with Gasteiger partial charge in [-0.15, -0.1) is 0 Å². The van der Waals surface area contributed by atoms with Gasteiger partial charge >= 0.3 is 12.1 Å². The lowest BCUT2D eigenvalue weighted by Gasteiger charge is -2.26. The monoisotopic (exact) mass is 382 g/mol. The van der Waals surface area contributed by atoms with Crippen molar-refractivity contribution in [3.05, 3.63) is 54.1 Å². The maximum absolute atomic E-state index is 12.3. The molecule has 0 aromatic heterocycles. The van der Waals surface area contributed by atoms with Gasteiger partial charge in [0.15, 0.2) is 0 Å². The van der Waals surface area contributed by atoms with Crippen molar-refractivity contribution in [2.24, 2.45) is 0 Å². The number of aliphatic hydroxyl groups is 1. The molecule has 0 atom stereocenters. The average molecular weight is 382 g/mol. The second kappa shape index (κ2) is 9.23. The van der Waals surface area contributed by atoms with E-state index < -0.39 is 0 Å². The molecule has 3 rings (SSSR count). The molecule has 1 saturated carbocycles. The minimum Gasteiger partial charge on any atom is -0.393 e. The van der Waals surface area contributed by atoms with Gasteiger partial charge in [-0.1, -0.05) is 24.3 Å². The first-order valence-corrected chi connectivity index (χ1v) is 9.49. The van der Waals surface area contributed by atoms with Crippen molar-refractivity contribution in [3.8, 4) is 0 Å². The highest BCUT2D eigenvalue weighted by Crippen LogP contribution is 2.22. The van der Waals surface area contributed by atoms with Gasteiger partial charge in [0.05, 0.1) is 6.10 Å². The van der Waals surface area contributed by atoms with E-state index in [9.17, 15) is 14.7 Å². The van der Waals surface area contributed by atoms with Crippen molar-refractivity contribution >= 4 is 29.1 Å². The third-order valence-electron chi connectivity index (χ3n) is 4.81. The lowest BCUT2D eigenvalue weighted by Crippen LogP contribution is -2.41. The lowest BCUT2D eigenvalue weighted by molar-refractivity contribution is 0.118. The van der Waals surface area contributed by atoms with E-state index >= 15 is 0 Å². The van der Waals surface area contributed by atoms with Crippen LogP contribution in [-0.2, 0) is 0 Å². The van der Waals surface area contributed by atoms with Gasteiger partial charge < -0.3 is 26.4 Å². The number of rotatable bonds is 4. The summed E-state index contributed by atoms with van der Waals surface area (Å²) in [5.74, 6) is 0. The lowest BCUT2D eigenvalue weighted by atomic mass is 9.93. The Bertz CT molecular complexity index is 818. The molecule has 2 aromatic carbocycles. The Balaban J connectivity index is 1.56. The number of hydrogen-bond acceptors (Lipinski definition) is 3. The van der Waals surface area contributed by atoms with E-state index in [1.807, 2.05) is 31.2 Å². The van der Waals surface area contributed by atoms with Gasteiger partial charge in [0.1, 0.15) is 0 Å². The molecule has 0 saturated heterocycles. The van der Waals surface area contributed by atoms with Crippen molar-refractivity contribution in [3.63, 3.8) is 0 Å². The zero-order valence-electron chi connectivity index (χ0n) is 15.9. The van der Waals surface area contributed by atoms with Crippen LogP contribution in [-0.4, -0.2) is 29.3 Å². The number of amides is 4. The van der Waals surface area contributed by atoms with E-state index in [4.69, 9.17) is 0 Å². The fourth-order valence-corrected chi connectivity index (χ4v) is 3.21. The summed E-state index contributed by atoms with van der Waals surface area (Å²) in [5.41, 5.74) is 2.80. The number of urea groups is 2. The van der Waals surface area contributed by atoms with Crippen molar-refractivity contribution < 1.29 is 14.7 Å². The number of carbonyl (C=O) groups is 2. The predicted octanol–water partition coefficient (Wildman–Crippen LogP) is 4.06. The van der Waals surface area contributed by atoms with Crippen LogP contribution in [0.25, 0.3) is 0 Å². The Morgan fingerprint density at radius 3 is 2.25 bits per heavy atom. The molecular weight excluding hydrogens is 356 g/mol. The largest absolute Gasteiger partial charge is 0.393 e. The standard InChI is InChI=1S/C21H26N4O3/c1-14-7-8-17(24-20(27)22-15-5-3-2-4-6-15)13-19(14)25-21(28)23-16-9-11-18(26)12-10-16/h2-8,13,16,18,26H,9-12H2,1H3,(H2,22,24,27)(H2,23,25,28). The maximum atomic E-state index is 12.3. The van der Waals surface area contributed by atoms with E-state index in [-0.39, 0.29) is 24.2 Å². The summed E-state index contributed by atoms with van der Waals surface area (Å²) in [6.07, 6.45) is 2.71. The summed E-state index contributed by atoms with van der Waals surface area (Å²) in [6, 6.07) is 13.9. The van der Waals surface area contributed by atoms with Gasteiger partial charge in [-0.2, -0.15) is 0 Å². The molecule has 0 aliphatic heterocycles. The fourth-order valence-electron chi connectivity index (χ4n) is 3.21.